The molecule has 0 saturated heterocycles. The minimum Gasteiger partial charge on any atom is -0.493 e. The number of ether oxygens (including phenoxy) is 2. The SMILES string of the molecule is COc1cc(CNC(C)CCc2ccccc2)ccc1OCc1ccc(Cl)c(Cl)c1.Cl. The Balaban J connectivity index is 0.00000341. The van der Waals surface area contributed by atoms with Gasteiger partial charge < -0.3 is 14.8 Å². The number of methoxy groups -OCH3 is 1. The molecule has 1 N–H and O–H groups in total. The maximum Gasteiger partial charge on any atom is 0.161 e. The number of hydrogen-bond acceptors (Lipinski definition) is 3. The summed E-state index contributed by atoms with van der Waals surface area (Å²) in [4.78, 5) is 0. The van der Waals surface area contributed by atoms with Gasteiger partial charge in [0.25, 0.3) is 0 Å². The van der Waals surface area contributed by atoms with Crippen molar-refractivity contribution in [1.82, 2.24) is 5.32 Å². The Hall–Kier alpha value is -1.91. The van der Waals surface area contributed by atoms with Crippen molar-refractivity contribution in [2.75, 3.05) is 7.11 Å². The molecule has 0 heterocycles. The van der Waals surface area contributed by atoms with E-state index in [1.165, 1.54) is 5.56 Å². The van der Waals surface area contributed by atoms with Gasteiger partial charge in [-0.1, -0.05) is 65.7 Å². The summed E-state index contributed by atoms with van der Waals surface area (Å²) in [5.41, 5.74) is 3.47. The predicted octanol–water partition coefficient (Wildman–Crippen LogP) is 7.11. The van der Waals surface area contributed by atoms with E-state index >= 15 is 0 Å². The highest BCUT2D eigenvalue weighted by Gasteiger charge is 2.09. The summed E-state index contributed by atoms with van der Waals surface area (Å²) in [5.74, 6) is 1.41. The number of hydrogen-bond donors (Lipinski definition) is 1. The molecule has 0 saturated carbocycles. The maximum absolute atomic E-state index is 6.07. The van der Waals surface area contributed by atoms with Crippen LogP contribution in [0.2, 0.25) is 10.0 Å². The Morgan fingerprint density at radius 3 is 2.29 bits per heavy atom. The maximum atomic E-state index is 6.07. The molecule has 0 radical (unpaired) electrons. The lowest BCUT2D eigenvalue weighted by Gasteiger charge is -2.16. The van der Waals surface area contributed by atoms with E-state index in [1.807, 2.05) is 24.3 Å². The third-order valence-corrected chi connectivity index (χ3v) is 5.71. The normalized spacial score (nSPS) is 11.5. The standard InChI is InChI=1S/C25H27Cl2NO2.ClH/c1-18(8-9-19-6-4-3-5-7-19)28-16-20-11-13-24(25(15-20)29-2)30-17-21-10-12-22(26)23(27)14-21;/h3-7,10-15,18,28H,8-9,16-17H2,1-2H3;1H. The molecule has 0 spiro atoms. The zero-order chi connectivity index (χ0) is 21.3. The third kappa shape index (κ3) is 7.93. The van der Waals surface area contributed by atoms with Crippen LogP contribution in [0.1, 0.15) is 30.0 Å². The fourth-order valence-corrected chi connectivity index (χ4v) is 3.47. The highest BCUT2D eigenvalue weighted by atomic mass is 35.5. The fourth-order valence-electron chi connectivity index (χ4n) is 3.15. The Labute approximate surface area is 201 Å². The molecule has 3 aromatic rings. The van der Waals surface area contributed by atoms with Crippen LogP contribution in [0.5, 0.6) is 11.5 Å². The minimum absolute atomic E-state index is 0. The van der Waals surface area contributed by atoms with Crippen molar-refractivity contribution in [3.8, 4) is 11.5 Å². The molecule has 3 nitrogen and oxygen atoms in total. The summed E-state index contributed by atoms with van der Waals surface area (Å²) < 4.78 is 11.5. The number of rotatable bonds is 10. The van der Waals surface area contributed by atoms with Crippen molar-refractivity contribution >= 4 is 35.6 Å². The molecule has 166 valence electrons. The first kappa shape index (κ1) is 25.4. The summed E-state index contributed by atoms with van der Waals surface area (Å²) in [6.45, 7) is 3.38. The van der Waals surface area contributed by atoms with Gasteiger partial charge in [-0.25, -0.2) is 0 Å². The first-order valence-corrected chi connectivity index (χ1v) is 10.8. The van der Waals surface area contributed by atoms with Gasteiger partial charge in [-0.15, -0.1) is 12.4 Å². The molecule has 0 aliphatic heterocycles. The Morgan fingerprint density at radius 1 is 0.839 bits per heavy atom. The van der Waals surface area contributed by atoms with Crippen LogP contribution in [0.3, 0.4) is 0 Å². The largest absolute Gasteiger partial charge is 0.493 e. The Morgan fingerprint density at radius 2 is 1.58 bits per heavy atom. The zero-order valence-corrected chi connectivity index (χ0v) is 20.1. The molecule has 0 amide bonds. The van der Waals surface area contributed by atoms with Crippen molar-refractivity contribution in [3.05, 3.63) is 93.5 Å². The summed E-state index contributed by atoms with van der Waals surface area (Å²) >= 11 is 12.0. The zero-order valence-electron chi connectivity index (χ0n) is 17.7. The van der Waals surface area contributed by atoms with Crippen LogP contribution in [0, 0.1) is 0 Å². The molecule has 1 atom stereocenters. The Kier molecular flexibility index (Phi) is 10.5. The van der Waals surface area contributed by atoms with E-state index in [0.717, 1.165) is 30.5 Å². The molecular weight excluding hydrogens is 453 g/mol. The summed E-state index contributed by atoms with van der Waals surface area (Å²) in [6.07, 6.45) is 2.16. The number of benzene rings is 3. The lowest BCUT2D eigenvalue weighted by Crippen LogP contribution is -2.26. The fraction of sp³-hybridized carbons (Fsp3) is 0.280. The van der Waals surface area contributed by atoms with Crippen molar-refractivity contribution in [3.63, 3.8) is 0 Å². The van der Waals surface area contributed by atoms with Gasteiger partial charge in [0.1, 0.15) is 6.61 Å². The topological polar surface area (TPSA) is 30.5 Å². The smallest absolute Gasteiger partial charge is 0.161 e. The minimum atomic E-state index is 0. The first-order valence-electron chi connectivity index (χ1n) is 10.1. The van der Waals surface area contributed by atoms with Gasteiger partial charge in [-0.05, 0) is 60.7 Å². The lowest BCUT2D eigenvalue weighted by atomic mass is 10.1. The van der Waals surface area contributed by atoms with E-state index in [0.29, 0.717) is 34.2 Å². The number of nitrogens with one attached hydrogen (secondary N) is 1. The van der Waals surface area contributed by atoms with E-state index in [9.17, 15) is 0 Å². The monoisotopic (exact) mass is 479 g/mol. The Bertz CT molecular complexity index is 951. The van der Waals surface area contributed by atoms with Gasteiger partial charge in [0, 0.05) is 12.6 Å². The van der Waals surface area contributed by atoms with Gasteiger partial charge in [0.05, 0.1) is 17.2 Å². The molecule has 3 rings (SSSR count). The molecule has 3 aromatic carbocycles. The summed E-state index contributed by atoms with van der Waals surface area (Å²) in [7, 11) is 1.65. The summed E-state index contributed by atoms with van der Waals surface area (Å²) in [6, 6.07) is 22.5. The molecule has 0 bridgehead atoms. The van der Waals surface area contributed by atoms with Gasteiger partial charge in [0.15, 0.2) is 11.5 Å². The van der Waals surface area contributed by atoms with Gasteiger partial charge in [0.2, 0.25) is 0 Å². The lowest BCUT2D eigenvalue weighted by molar-refractivity contribution is 0.284. The van der Waals surface area contributed by atoms with Crippen LogP contribution >= 0.6 is 35.6 Å². The molecule has 0 aliphatic carbocycles. The average Bonchev–Trinajstić information content (AvgIpc) is 2.78. The van der Waals surface area contributed by atoms with Gasteiger partial charge >= 0.3 is 0 Å². The van der Waals surface area contributed by atoms with E-state index < -0.39 is 0 Å². The van der Waals surface area contributed by atoms with E-state index in [4.69, 9.17) is 32.7 Å². The molecular formula is C25H28Cl3NO2. The third-order valence-electron chi connectivity index (χ3n) is 4.97. The number of aryl methyl sites for hydroxylation is 1. The quantitative estimate of drug-likeness (QED) is 0.335. The van der Waals surface area contributed by atoms with Crippen LogP contribution in [0.15, 0.2) is 66.7 Å². The van der Waals surface area contributed by atoms with E-state index in [-0.39, 0.29) is 12.4 Å². The predicted molar refractivity (Wildman–Crippen MR) is 132 cm³/mol. The first-order chi connectivity index (χ1) is 14.5. The average molecular weight is 481 g/mol. The van der Waals surface area contributed by atoms with E-state index in [1.54, 1.807) is 13.2 Å². The molecule has 6 heteroatoms. The van der Waals surface area contributed by atoms with Crippen LogP contribution in [-0.4, -0.2) is 13.2 Å². The van der Waals surface area contributed by atoms with E-state index in [2.05, 4.69) is 48.6 Å². The second-order valence-electron chi connectivity index (χ2n) is 7.33. The van der Waals surface area contributed by atoms with Gasteiger partial charge in [-0.2, -0.15) is 0 Å². The summed E-state index contributed by atoms with van der Waals surface area (Å²) in [5, 5.41) is 4.64. The molecule has 0 fully saturated rings. The highest BCUT2D eigenvalue weighted by molar-refractivity contribution is 6.42. The van der Waals surface area contributed by atoms with Crippen LogP contribution in [-0.2, 0) is 19.6 Å². The second kappa shape index (κ2) is 12.8. The molecule has 0 aliphatic rings. The van der Waals surface area contributed by atoms with Crippen molar-refractivity contribution in [1.29, 1.82) is 0 Å². The highest BCUT2D eigenvalue weighted by Crippen LogP contribution is 2.30. The van der Waals surface area contributed by atoms with Crippen LogP contribution in [0.4, 0.5) is 0 Å². The van der Waals surface area contributed by atoms with Crippen molar-refractivity contribution in [2.45, 2.75) is 39.0 Å². The van der Waals surface area contributed by atoms with Crippen LogP contribution in [0.25, 0.3) is 0 Å². The second-order valence-corrected chi connectivity index (χ2v) is 8.14. The molecule has 31 heavy (non-hydrogen) atoms. The molecule has 0 aromatic heterocycles. The number of halogens is 3. The molecule has 1 unspecified atom stereocenters. The van der Waals surface area contributed by atoms with Crippen LogP contribution < -0.4 is 14.8 Å². The van der Waals surface area contributed by atoms with Crippen molar-refractivity contribution in [2.24, 2.45) is 0 Å². The van der Waals surface area contributed by atoms with Crippen molar-refractivity contribution < 1.29 is 9.47 Å². The van der Waals surface area contributed by atoms with Gasteiger partial charge in [-0.3, -0.25) is 0 Å².